The molecule has 164 valence electrons. The average molecular weight is 430 g/mol. The Balaban J connectivity index is 2.28. The highest BCUT2D eigenvalue weighted by Crippen LogP contribution is 2.32. The summed E-state index contributed by atoms with van der Waals surface area (Å²) in [6, 6.07) is 12.3. The Morgan fingerprint density at radius 3 is 2.35 bits per heavy atom. The summed E-state index contributed by atoms with van der Waals surface area (Å²) in [5, 5.41) is 20.8. The van der Waals surface area contributed by atoms with Crippen LogP contribution in [0.25, 0.3) is 0 Å². The second-order valence-corrected chi connectivity index (χ2v) is 6.11. The van der Waals surface area contributed by atoms with Crippen LogP contribution in [0.1, 0.15) is 22.0 Å². The number of imide groups is 1. The van der Waals surface area contributed by atoms with Crippen LogP contribution in [0.5, 0.6) is 11.5 Å². The molecule has 0 saturated heterocycles. The lowest BCUT2D eigenvalue weighted by Crippen LogP contribution is -2.34. The number of rotatable bonds is 8. The first-order chi connectivity index (χ1) is 14.9. The molecule has 0 fully saturated rings. The van der Waals surface area contributed by atoms with Gasteiger partial charge in [0, 0.05) is 18.7 Å². The molecule has 2 aromatic carbocycles. The summed E-state index contributed by atoms with van der Waals surface area (Å²) in [4.78, 5) is 35.9. The minimum Gasteiger partial charge on any atom is -0.504 e. The van der Waals surface area contributed by atoms with Gasteiger partial charge in [0.1, 0.15) is 6.10 Å². The predicted octanol–water partition coefficient (Wildman–Crippen LogP) is 2.09. The molecule has 10 nitrogen and oxygen atoms in total. The molecule has 0 aliphatic rings. The van der Waals surface area contributed by atoms with Crippen molar-refractivity contribution >= 4 is 17.9 Å². The third-order valence-electron chi connectivity index (χ3n) is 4.14. The molecular weight excluding hydrogens is 408 g/mol. The number of benzene rings is 2. The number of alkyl carbamates (subject to hydrolysis) is 1. The van der Waals surface area contributed by atoms with Crippen LogP contribution in [-0.4, -0.2) is 48.5 Å². The van der Waals surface area contributed by atoms with E-state index in [0.29, 0.717) is 5.56 Å². The van der Waals surface area contributed by atoms with Crippen molar-refractivity contribution in [3.63, 3.8) is 0 Å². The maximum Gasteiger partial charge on any atom is 0.414 e. The van der Waals surface area contributed by atoms with Crippen LogP contribution in [0.2, 0.25) is 0 Å². The number of aromatic hydroxyl groups is 1. The fourth-order valence-corrected chi connectivity index (χ4v) is 2.63. The molecule has 0 saturated carbocycles. The molecule has 2 rings (SSSR count). The molecule has 0 heterocycles. The lowest BCUT2D eigenvalue weighted by Gasteiger charge is -2.24. The number of hydrogen-bond acceptors (Lipinski definition) is 8. The van der Waals surface area contributed by atoms with Gasteiger partial charge >= 0.3 is 6.09 Å². The summed E-state index contributed by atoms with van der Waals surface area (Å²) in [5.41, 5.74) is 1.97. The van der Waals surface area contributed by atoms with Crippen molar-refractivity contribution in [3.05, 3.63) is 71.8 Å². The number of phenols is 1. The molecule has 0 bridgehead atoms. The van der Waals surface area contributed by atoms with Crippen LogP contribution in [0, 0.1) is 0 Å². The van der Waals surface area contributed by atoms with Gasteiger partial charge in [-0.05, 0) is 35.9 Å². The van der Waals surface area contributed by atoms with E-state index in [0.717, 1.165) is 6.08 Å². The quantitative estimate of drug-likeness (QED) is 0.283. The topological polar surface area (TPSA) is 143 Å². The highest BCUT2D eigenvalue weighted by atomic mass is 16.6. The Labute approximate surface area is 178 Å². The molecule has 0 aromatic heterocycles. The van der Waals surface area contributed by atoms with Gasteiger partial charge in [-0.15, -0.1) is 0 Å². The zero-order chi connectivity index (χ0) is 22.8. The Morgan fingerprint density at radius 2 is 1.77 bits per heavy atom. The van der Waals surface area contributed by atoms with Gasteiger partial charge < -0.3 is 19.3 Å². The Bertz CT molecular complexity index is 946. The van der Waals surface area contributed by atoms with Crippen molar-refractivity contribution < 1.29 is 38.9 Å². The molecule has 0 radical (unpaired) electrons. The standard InChI is InChI=1S/C21H22N2O8/c1-29-16-9-8-14(12-15(16)24)19(17(30-2)10-11-18(25)23-28)31-21(27)22-20(26)13-6-4-3-5-7-13/h3-12,17,19,24,28H,1-2H3,(H,23,25)(H,22,26,27)/b11-10+/t17-,19-/m0/s1. The Hall–Kier alpha value is -3.89. The maximum atomic E-state index is 12.4. The fraction of sp³-hybridized carbons (Fsp3) is 0.190. The van der Waals surface area contributed by atoms with Crippen molar-refractivity contribution in [2.45, 2.75) is 12.2 Å². The van der Waals surface area contributed by atoms with Crippen LogP contribution < -0.4 is 15.5 Å². The number of hydrogen-bond donors (Lipinski definition) is 4. The third kappa shape index (κ3) is 6.56. The third-order valence-corrected chi connectivity index (χ3v) is 4.14. The number of carbonyl (C=O) groups is 3. The fourth-order valence-electron chi connectivity index (χ4n) is 2.63. The molecule has 4 N–H and O–H groups in total. The largest absolute Gasteiger partial charge is 0.504 e. The van der Waals surface area contributed by atoms with Gasteiger partial charge in [-0.25, -0.2) is 10.3 Å². The normalized spacial score (nSPS) is 12.6. The maximum absolute atomic E-state index is 12.4. The van der Waals surface area contributed by atoms with Gasteiger partial charge in [0.15, 0.2) is 17.6 Å². The van der Waals surface area contributed by atoms with E-state index in [9.17, 15) is 19.5 Å². The SMILES string of the molecule is COc1ccc([C@H](OC(=O)NC(=O)c2ccccc2)[C@H](/C=C/C(=O)NO)OC)cc1O. The van der Waals surface area contributed by atoms with Gasteiger partial charge in [0.25, 0.3) is 11.8 Å². The molecule has 0 spiro atoms. The lowest BCUT2D eigenvalue weighted by molar-refractivity contribution is -0.124. The van der Waals surface area contributed by atoms with Gasteiger partial charge in [-0.3, -0.25) is 20.1 Å². The second-order valence-electron chi connectivity index (χ2n) is 6.11. The van der Waals surface area contributed by atoms with E-state index in [1.165, 1.54) is 56.1 Å². The Kier molecular flexibility index (Phi) is 8.55. The molecule has 3 amide bonds. The van der Waals surface area contributed by atoms with Gasteiger partial charge in [0.2, 0.25) is 0 Å². The summed E-state index contributed by atoms with van der Waals surface area (Å²) in [5.74, 6) is -1.54. The monoisotopic (exact) mass is 430 g/mol. The van der Waals surface area contributed by atoms with E-state index in [1.54, 1.807) is 18.2 Å². The zero-order valence-electron chi connectivity index (χ0n) is 16.8. The molecule has 2 aromatic rings. The Morgan fingerprint density at radius 1 is 1.06 bits per heavy atom. The first-order valence-electron chi connectivity index (χ1n) is 8.98. The molecule has 31 heavy (non-hydrogen) atoms. The smallest absolute Gasteiger partial charge is 0.414 e. The van der Waals surface area contributed by atoms with E-state index in [1.807, 2.05) is 0 Å². The van der Waals surface area contributed by atoms with E-state index in [2.05, 4.69) is 5.32 Å². The van der Waals surface area contributed by atoms with E-state index >= 15 is 0 Å². The number of hydroxylamine groups is 1. The molecule has 10 heteroatoms. The summed E-state index contributed by atoms with van der Waals surface area (Å²) in [6.45, 7) is 0. The van der Waals surface area contributed by atoms with Crippen molar-refractivity contribution in [1.82, 2.24) is 10.8 Å². The second kappa shape index (κ2) is 11.3. The van der Waals surface area contributed by atoms with Crippen LogP contribution in [0.3, 0.4) is 0 Å². The van der Waals surface area contributed by atoms with Crippen molar-refractivity contribution in [2.75, 3.05) is 14.2 Å². The van der Waals surface area contributed by atoms with Crippen molar-refractivity contribution in [3.8, 4) is 11.5 Å². The summed E-state index contributed by atoms with van der Waals surface area (Å²) >= 11 is 0. The van der Waals surface area contributed by atoms with Crippen LogP contribution in [-0.2, 0) is 14.3 Å². The number of nitrogens with one attached hydrogen (secondary N) is 2. The average Bonchev–Trinajstić information content (AvgIpc) is 2.78. The lowest BCUT2D eigenvalue weighted by atomic mass is 10.0. The van der Waals surface area contributed by atoms with Crippen molar-refractivity contribution in [1.29, 1.82) is 0 Å². The number of ether oxygens (including phenoxy) is 3. The molecule has 0 unspecified atom stereocenters. The van der Waals surface area contributed by atoms with Gasteiger partial charge in [-0.2, -0.15) is 0 Å². The summed E-state index contributed by atoms with van der Waals surface area (Å²) in [6.07, 6.45) is -1.04. The highest BCUT2D eigenvalue weighted by molar-refractivity contribution is 6.02. The summed E-state index contributed by atoms with van der Waals surface area (Å²) in [7, 11) is 2.68. The van der Waals surface area contributed by atoms with Gasteiger partial charge in [0.05, 0.1) is 7.11 Å². The molecule has 2 atom stereocenters. The van der Waals surface area contributed by atoms with E-state index in [4.69, 9.17) is 19.4 Å². The minimum atomic E-state index is -1.17. The van der Waals surface area contributed by atoms with E-state index < -0.39 is 30.1 Å². The molecule has 0 aliphatic carbocycles. The van der Waals surface area contributed by atoms with E-state index in [-0.39, 0.29) is 17.1 Å². The molecule has 0 aliphatic heterocycles. The number of carbonyl (C=O) groups excluding carboxylic acids is 3. The minimum absolute atomic E-state index is 0.190. The zero-order valence-corrected chi connectivity index (χ0v) is 16.8. The van der Waals surface area contributed by atoms with Crippen LogP contribution in [0.15, 0.2) is 60.7 Å². The van der Waals surface area contributed by atoms with Crippen molar-refractivity contribution in [2.24, 2.45) is 0 Å². The first-order valence-corrected chi connectivity index (χ1v) is 8.98. The molecular formula is C21H22N2O8. The van der Waals surface area contributed by atoms with Crippen LogP contribution in [0.4, 0.5) is 4.79 Å². The summed E-state index contributed by atoms with van der Waals surface area (Å²) < 4.78 is 15.7. The van der Waals surface area contributed by atoms with Gasteiger partial charge in [-0.1, -0.05) is 24.3 Å². The highest BCUT2D eigenvalue weighted by Gasteiger charge is 2.27. The number of methoxy groups -OCH3 is 2. The predicted molar refractivity (Wildman–Crippen MR) is 108 cm³/mol. The number of phenolic OH excluding ortho intramolecular Hbond substituents is 1. The number of amides is 3. The first kappa shape index (κ1) is 23.4. The van der Waals surface area contributed by atoms with Crippen LogP contribution >= 0.6 is 0 Å².